The molecule has 3 aromatic rings. The highest BCUT2D eigenvalue weighted by molar-refractivity contribution is 5.96. The van der Waals surface area contributed by atoms with E-state index < -0.39 is 0 Å². The van der Waals surface area contributed by atoms with Crippen molar-refractivity contribution >= 4 is 22.3 Å². The first-order valence-electron chi connectivity index (χ1n) is 9.34. The Morgan fingerprint density at radius 1 is 1.11 bits per heavy atom. The molecule has 1 N–H and O–H groups in total. The fourth-order valence-corrected chi connectivity index (χ4v) is 3.65. The quantitative estimate of drug-likeness (QED) is 0.742. The molecule has 5 nitrogen and oxygen atoms in total. The van der Waals surface area contributed by atoms with Gasteiger partial charge in [0.1, 0.15) is 11.3 Å². The van der Waals surface area contributed by atoms with Gasteiger partial charge in [-0.1, -0.05) is 30.3 Å². The number of hydrogen-bond acceptors (Lipinski definition) is 5. The molecule has 1 fully saturated rings. The molecule has 2 heterocycles. The molecule has 1 saturated heterocycles. The Hall–Kier alpha value is -2.79. The first-order valence-corrected chi connectivity index (χ1v) is 9.34. The minimum atomic E-state index is 0.755. The van der Waals surface area contributed by atoms with Gasteiger partial charge in [0.05, 0.1) is 20.3 Å². The normalized spacial score (nSPS) is 14.4. The molecule has 4 rings (SSSR count). The van der Waals surface area contributed by atoms with Crippen molar-refractivity contribution in [2.45, 2.75) is 13.5 Å². The summed E-state index contributed by atoms with van der Waals surface area (Å²) in [5.41, 5.74) is 5.68. The van der Waals surface area contributed by atoms with Gasteiger partial charge in [-0.2, -0.15) is 0 Å². The van der Waals surface area contributed by atoms with Gasteiger partial charge in [-0.15, -0.1) is 0 Å². The van der Waals surface area contributed by atoms with E-state index in [0.717, 1.165) is 60.8 Å². The van der Waals surface area contributed by atoms with Gasteiger partial charge in [-0.25, -0.2) is 0 Å². The van der Waals surface area contributed by atoms with Gasteiger partial charge in [0.15, 0.2) is 0 Å². The third kappa shape index (κ3) is 3.55. The number of nitrogens with zero attached hydrogens (tertiary/aromatic N) is 2. The SMILES string of the molecule is COc1cccc2c(NCc3ccccc3N3CCOCC3)c(C)cnc12. The lowest BCUT2D eigenvalue weighted by Gasteiger charge is -2.30. The maximum atomic E-state index is 5.50. The van der Waals surface area contributed by atoms with Crippen molar-refractivity contribution in [1.29, 1.82) is 0 Å². The van der Waals surface area contributed by atoms with E-state index in [9.17, 15) is 0 Å². The second-order valence-electron chi connectivity index (χ2n) is 6.75. The number of anilines is 2. The van der Waals surface area contributed by atoms with E-state index in [1.165, 1.54) is 11.3 Å². The fourth-order valence-electron chi connectivity index (χ4n) is 3.65. The second-order valence-corrected chi connectivity index (χ2v) is 6.75. The zero-order valence-corrected chi connectivity index (χ0v) is 15.9. The van der Waals surface area contributed by atoms with Crippen LogP contribution in [0, 0.1) is 6.92 Å². The number of methoxy groups -OCH3 is 1. The van der Waals surface area contributed by atoms with Crippen LogP contribution in [0.2, 0.25) is 0 Å². The number of nitrogens with one attached hydrogen (secondary N) is 1. The number of ether oxygens (including phenoxy) is 2. The van der Waals surface area contributed by atoms with Crippen molar-refractivity contribution in [1.82, 2.24) is 4.98 Å². The van der Waals surface area contributed by atoms with Gasteiger partial charge < -0.3 is 19.7 Å². The van der Waals surface area contributed by atoms with Gasteiger partial charge in [0, 0.05) is 42.6 Å². The van der Waals surface area contributed by atoms with Crippen LogP contribution in [0.4, 0.5) is 11.4 Å². The maximum Gasteiger partial charge on any atom is 0.145 e. The van der Waals surface area contributed by atoms with E-state index in [0.29, 0.717) is 0 Å². The number of fused-ring (bicyclic) bond motifs is 1. The highest BCUT2D eigenvalue weighted by atomic mass is 16.5. The Morgan fingerprint density at radius 3 is 2.74 bits per heavy atom. The van der Waals surface area contributed by atoms with Crippen LogP contribution >= 0.6 is 0 Å². The number of pyridine rings is 1. The Morgan fingerprint density at radius 2 is 1.93 bits per heavy atom. The highest BCUT2D eigenvalue weighted by Crippen LogP contribution is 2.32. The molecule has 1 aromatic heterocycles. The van der Waals surface area contributed by atoms with Crippen LogP contribution in [-0.4, -0.2) is 38.4 Å². The smallest absolute Gasteiger partial charge is 0.145 e. The third-order valence-corrected chi connectivity index (χ3v) is 5.07. The standard InChI is InChI=1S/C22H25N3O2/c1-16-14-23-22-18(7-5-9-20(22)26-2)21(16)24-15-17-6-3-4-8-19(17)25-10-12-27-13-11-25/h3-9,14H,10-13,15H2,1-2H3,(H,23,24). The lowest BCUT2D eigenvalue weighted by molar-refractivity contribution is 0.122. The summed E-state index contributed by atoms with van der Waals surface area (Å²) < 4.78 is 11.0. The molecule has 0 atom stereocenters. The minimum Gasteiger partial charge on any atom is -0.494 e. The predicted molar refractivity (Wildman–Crippen MR) is 110 cm³/mol. The van der Waals surface area contributed by atoms with Crippen LogP contribution < -0.4 is 15.0 Å². The van der Waals surface area contributed by atoms with E-state index in [2.05, 4.69) is 52.5 Å². The molecule has 0 bridgehead atoms. The number of para-hydroxylation sites is 2. The first kappa shape index (κ1) is 17.6. The molecule has 140 valence electrons. The predicted octanol–water partition coefficient (Wildman–Crippen LogP) is 4.00. The molecule has 0 spiro atoms. The summed E-state index contributed by atoms with van der Waals surface area (Å²) in [6, 6.07) is 14.6. The lowest BCUT2D eigenvalue weighted by atomic mass is 10.1. The monoisotopic (exact) mass is 363 g/mol. The summed E-state index contributed by atoms with van der Waals surface area (Å²) in [7, 11) is 1.68. The van der Waals surface area contributed by atoms with Crippen LogP contribution in [0.25, 0.3) is 10.9 Å². The zero-order valence-electron chi connectivity index (χ0n) is 15.9. The molecule has 0 radical (unpaired) electrons. The molecule has 0 aliphatic carbocycles. The summed E-state index contributed by atoms with van der Waals surface area (Å²) in [5, 5.41) is 4.73. The second kappa shape index (κ2) is 7.84. The van der Waals surface area contributed by atoms with Gasteiger partial charge in [0.25, 0.3) is 0 Å². The van der Waals surface area contributed by atoms with Crippen molar-refractivity contribution in [2.24, 2.45) is 0 Å². The third-order valence-electron chi connectivity index (χ3n) is 5.07. The molecule has 2 aromatic carbocycles. The molecule has 5 heteroatoms. The average molecular weight is 363 g/mol. The first-order chi connectivity index (χ1) is 13.3. The summed E-state index contributed by atoms with van der Waals surface area (Å²) in [4.78, 5) is 6.97. The number of rotatable bonds is 5. The number of aryl methyl sites for hydroxylation is 1. The van der Waals surface area contributed by atoms with E-state index in [1.807, 2.05) is 18.3 Å². The van der Waals surface area contributed by atoms with Crippen LogP contribution in [0.15, 0.2) is 48.7 Å². The molecule has 0 amide bonds. The Balaban J connectivity index is 1.64. The van der Waals surface area contributed by atoms with E-state index in [4.69, 9.17) is 9.47 Å². The molecular formula is C22H25N3O2. The summed E-state index contributed by atoms with van der Waals surface area (Å²) in [6.45, 7) is 6.29. The van der Waals surface area contributed by atoms with Gasteiger partial charge in [-0.3, -0.25) is 4.98 Å². The minimum absolute atomic E-state index is 0.755. The van der Waals surface area contributed by atoms with Crippen molar-refractivity contribution < 1.29 is 9.47 Å². The van der Waals surface area contributed by atoms with Crippen molar-refractivity contribution in [3.63, 3.8) is 0 Å². The Labute approximate surface area is 159 Å². The molecule has 1 aliphatic heterocycles. The number of aromatic nitrogens is 1. The van der Waals surface area contributed by atoms with Gasteiger partial charge in [-0.05, 0) is 30.2 Å². The fraction of sp³-hybridized carbons (Fsp3) is 0.318. The zero-order chi connectivity index (χ0) is 18.6. The highest BCUT2D eigenvalue weighted by Gasteiger charge is 2.15. The number of benzene rings is 2. The van der Waals surface area contributed by atoms with Crippen molar-refractivity contribution in [3.8, 4) is 5.75 Å². The van der Waals surface area contributed by atoms with Crippen LogP contribution in [0.5, 0.6) is 5.75 Å². The van der Waals surface area contributed by atoms with Crippen LogP contribution in [0.1, 0.15) is 11.1 Å². The van der Waals surface area contributed by atoms with E-state index in [-0.39, 0.29) is 0 Å². The van der Waals surface area contributed by atoms with E-state index >= 15 is 0 Å². The summed E-state index contributed by atoms with van der Waals surface area (Å²) in [6.07, 6.45) is 1.90. The largest absolute Gasteiger partial charge is 0.494 e. The van der Waals surface area contributed by atoms with Crippen molar-refractivity contribution in [2.75, 3.05) is 43.6 Å². The molecule has 0 saturated carbocycles. The summed E-state index contributed by atoms with van der Waals surface area (Å²) in [5.74, 6) is 0.796. The Bertz CT molecular complexity index is 936. The van der Waals surface area contributed by atoms with Crippen molar-refractivity contribution in [3.05, 3.63) is 59.8 Å². The van der Waals surface area contributed by atoms with Gasteiger partial charge in [0.2, 0.25) is 0 Å². The molecular weight excluding hydrogens is 338 g/mol. The Kier molecular flexibility index (Phi) is 5.12. The van der Waals surface area contributed by atoms with Crippen LogP contribution in [-0.2, 0) is 11.3 Å². The number of morpholine rings is 1. The van der Waals surface area contributed by atoms with Gasteiger partial charge >= 0.3 is 0 Å². The lowest BCUT2D eigenvalue weighted by Crippen LogP contribution is -2.36. The topological polar surface area (TPSA) is 46.6 Å². The summed E-state index contributed by atoms with van der Waals surface area (Å²) >= 11 is 0. The molecule has 1 aliphatic rings. The van der Waals surface area contributed by atoms with Crippen LogP contribution in [0.3, 0.4) is 0 Å². The molecule has 0 unspecified atom stereocenters. The van der Waals surface area contributed by atoms with E-state index in [1.54, 1.807) is 7.11 Å². The average Bonchev–Trinajstić information content (AvgIpc) is 2.73. The maximum absolute atomic E-state index is 5.50. The molecule has 27 heavy (non-hydrogen) atoms. The number of hydrogen-bond donors (Lipinski definition) is 1.